The van der Waals surface area contributed by atoms with Crippen LogP contribution in [0.25, 0.3) is 0 Å². The van der Waals surface area contributed by atoms with E-state index in [1.54, 1.807) is 0 Å². The van der Waals surface area contributed by atoms with E-state index in [9.17, 15) is 4.79 Å². The summed E-state index contributed by atoms with van der Waals surface area (Å²) in [5.74, 6) is 0.994. The fourth-order valence-corrected chi connectivity index (χ4v) is 3.18. The van der Waals surface area contributed by atoms with E-state index in [4.69, 9.17) is 4.74 Å². The van der Waals surface area contributed by atoms with Crippen LogP contribution in [0.3, 0.4) is 0 Å². The largest absolute Gasteiger partial charge is 0.494 e. The van der Waals surface area contributed by atoms with Gasteiger partial charge in [0.15, 0.2) is 0 Å². The summed E-state index contributed by atoms with van der Waals surface area (Å²) in [4.78, 5) is 14.7. The number of amides is 1. The fourth-order valence-electron chi connectivity index (χ4n) is 3.18. The van der Waals surface area contributed by atoms with Crippen molar-refractivity contribution < 1.29 is 9.53 Å². The molecule has 1 aliphatic heterocycles. The number of hydrogen-bond donors (Lipinski definition) is 1. The zero-order valence-electron chi connectivity index (χ0n) is 13.4. The topological polar surface area (TPSA) is 41.6 Å². The molecule has 0 radical (unpaired) electrons. The molecule has 0 spiro atoms. The van der Waals surface area contributed by atoms with E-state index in [-0.39, 0.29) is 5.91 Å². The van der Waals surface area contributed by atoms with Gasteiger partial charge in [-0.3, -0.25) is 4.79 Å². The van der Waals surface area contributed by atoms with Crippen molar-refractivity contribution in [3.8, 4) is 5.75 Å². The monoisotopic (exact) mass is 302 g/mol. The van der Waals surface area contributed by atoms with Crippen molar-refractivity contribution in [1.29, 1.82) is 0 Å². The Labute approximate surface area is 132 Å². The third kappa shape index (κ3) is 4.23. The minimum atomic E-state index is 0.133. The Bertz CT molecular complexity index is 488. The Kier molecular flexibility index (Phi) is 4.98. The van der Waals surface area contributed by atoms with E-state index in [0.29, 0.717) is 19.1 Å². The molecule has 0 bridgehead atoms. The van der Waals surface area contributed by atoms with Crippen LogP contribution in [0, 0.1) is 0 Å². The molecule has 2 fully saturated rings. The molecule has 1 aliphatic carbocycles. The Morgan fingerprint density at radius 3 is 2.45 bits per heavy atom. The second-order valence-corrected chi connectivity index (χ2v) is 6.36. The second kappa shape index (κ2) is 7.14. The summed E-state index contributed by atoms with van der Waals surface area (Å²) >= 11 is 0. The number of benzene rings is 1. The number of hydrogen-bond acceptors (Lipinski definition) is 3. The van der Waals surface area contributed by atoms with Crippen molar-refractivity contribution in [2.75, 3.05) is 19.7 Å². The number of nitrogens with zero attached hydrogens (tertiary/aromatic N) is 1. The van der Waals surface area contributed by atoms with E-state index >= 15 is 0 Å². The van der Waals surface area contributed by atoms with Crippen molar-refractivity contribution in [3.05, 3.63) is 29.8 Å². The Hall–Kier alpha value is -1.55. The SMILES string of the molecule is CCOc1ccc(CC(=O)NC2CCN(C3CC3)CC2)cc1. The lowest BCUT2D eigenvalue weighted by atomic mass is 10.0. The molecule has 1 N–H and O–H groups in total. The molecule has 1 heterocycles. The van der Waals surface area contributed by atoms with Crippen LogP contribution in [0.2, 0.25) is 0 Å². The molecule has 1 aromatic rings. The van der Waals surface area contributed by atoms with Crippen LogP contribution in [-0.2, 0) is 11.2 Å². The standard InChI is InChI=1S/C18H26N2O2/c1-2-22-17-7-3-14(4-8-17)13-18(21)19-15-9-11-20(12-10-15)16-5-6-16/h3-4,7-8,15-16H,2,5-6,9-13H2,1H3,(H,19,21). The van der Waals surface area contributed by atoms with Gasteiger partial charge >= 0.3 is 0 Å². The van der Waals surface area contributed by atoms with Crippen molar-refractivity contribution in [2.24, 2.45) is 0 Å². The first-order valence-corrected chi connectivity index (χ1v) is 8.49. The van der Waals surface area contributed by atoms with Gasteiger partial charge in [-0.2, -0.15) is 0 Å². The van der Waals surface area contributed by atoms with Crippen molar-refractivity contribution in [1.82, 2.24) is 10.2 Å². The summed E-state index contributed by atoms with van der Waals surface area (Å²) in [6.07, 6.45) is 5.37. The number of likely N-dealkylation sites (tertiary alicyclic amines) is 1. The molecule has 1 aromatic carbocycles. The summed E-state index contributed by atoms with van der Waals surface area (Å²) in [6.45, 7) is 4.91. The van der Waals surface area contributed by atoms with Gasteiger partial charge in [0.25, 0.3) is 0 Å². The number of nitrogens with one attached hydrogen (secondary N) is 1. The fraction of sp³-hybridized carbons (Fsp3) is 0.611. The summed E-state index contributed by atoms with van der Waals surface area (Å²) in [7, 11) is 0. The first-order chi connectivity index (χ1) is 10.7. The van der Waals surface area contributed by atoms with Gasteiger partial charge in [-0.25, -0.2) is 0 Å². The highest BCUT2D eigenvalue weighted by atomic mass is 16.5. The Balaban J connectivity index is 1.42. The van der Waals surface area contributed by atoms with E-state index in [2.05, 4.69) is 10.2 Å². The molecule has 0 aromatic heterocycles. The third-order valence-corrected chi connectivity index (χ3v) is 4.56. The molecule has 1 saturated carbocycles. The van der Waals surface area contributed by atoms with Crippen LogP contribution in [0.15, 0.2) is 24.3 Å². The maximum Gasteiger partial charge on any atom is 0.224 e. The molecule has 2 aliphatic rings. The third-order valence-electron chi connectivity index (χ3n) is 4.56. The summed E-state index contributed by atoms with van der Waals surface area (Å²) < 4.78 is 5.42. The lowest BCUT2D eigenvalue weighted by Crippen LogP contribution is -2.45. The first-order valence-electron chi connectivity index (χ1n) is 8.49. The maximum atomic E-state index is 12.2. The average Bonchev–Trinajstić information content (AvgIpc) is 3.35. The Morgan fingerprint density at radius 2 is 1.86 bits per heavy atom. The molecule has 3 rings (SSSR count). The van der Waals surface area contributed by atoms with Gasteiger partial charge in [0, 0.05) is 25.2 Å². The number of piperidine rings is 1. The normalized spacial score (nSPS) is 19.9. The van der Waals surface area contributed by atoms with Gasteiger partial charge in [0.1, 0.15) is 5.75 Å². The highest BCUT2D eigenvalue weighted by molar-refractivity contribution is 5.78. The maximum absolute atomic E-state index is 12.2. The van der Waals surface area contributed by atoms with Gasteiger partial charge in [-0.05, 0) is 50.3 Å². The quantitative estimate of drug-likeness (QED) is 0.877. The van der Waals surface area contributed by atoms with Crippen molar-refractivity contribution in [3.63, 3.8) is 0 Å². The van der Waals surface area contributed by atoms with E-state index in [1.807, 2.05) is 31.2 Å². The zero-order chi connectivity index (χ0) is 15.4. The number of ether oxygens (including phenoxy) is 1. The van der Waals surface area contributed by atoms with Crippen LogP contribution in [0.5, 0.6) is 5.75 Å². The summed E-state index contributed by atoms with van der Waals surface area (Å²) in [6, 6.07) is 9.01. The molecule has 1 amide bonds. The predicted octanol–water partition coefficient (Wildman–Crippen LogP) is 2.37. The minimum Gasteiger partial charge on any atom is -0.494 e. The van der Waals surface area contributed by atoms with Crippen LogP contribution in [-0.4, -0.2) is 42.6 Å². The lowest BCUT2D eigenvalue weighted by molar-refractivity contribution is -0.121. The molecular weight excluding hydrogens is 276 g/mol. The molecule has 4 heteroatoms. The molecule has 4 nitrogen and oxygen atoms in total. The van der Waals surface area contributed by atoms with Gasteiger partial charge < -0.3 is 15.0 Å². The van der Waals surface area contributed by atoms with Gasteiger partial charge in [-0.1, -0.05) is 12.1 Å². The molecule has 0 atom stereocenters. The summed E-state index contributed by atoms with van der Waals surface area (Å²) in [5.41, 5.74) is 1.04. The van der Waals surface area contributed by atoms with Crippen LogP contribution in [0.1, 0.15) is 38.2 Å². The van der Waals surface area contributed by atoms with Gasteiger partial charge in [0.2, 0.25) is 5.91 Å². The van der Waals surface area contributed by atoms with Crippen molar-refractivity contribution >= 4 is 5.91 Å². The molecular formula is C18H26N2O2. The van der Waals surface area contributed by atoms with E-state index < -0.39 is 0 Å². The van der Waals surface area contributed by atoms with Gasteiger partial charge in [-0.15, -0.1) is 0 Å². The molecule has 120 valence electrons. The predicted molar refractivity (Wildman–Crippen MR) is 87.1 cm³/mol. The van der Waals surface area contributed by atoms with Gasteiger partial charge in [0.05, 0.1) is 13.0 Å². The van der Waals surface area contributed by atoms with Crippen LogP contribution < -0.4 is 10.1 Å². The highest BCUT2D eigenvalue weighted by Gasteiger charge is 2.31. The number of carbonyl (C=O) groups excluding carboxylic acids is 1. The Morgan fingerprint density at radius 1 is 1.18 bits per heavy atom. The first kappa shape index (κ1) is 15.3. The summed E-state index contributed by atoms with van der Waals surface area (Å²) in [5, 5.41) is 3.19. The van der Waals surface area contributed by atoms with E-state index in [1.165, 1.54) is 12.8 Å². The lowest BCUT2D eigenvalue weighted by Gasteiger charge is -2.32. The minimum absolute atomic E-state index is 0.133. The molecule has 0 unspecified atom stereocenters. The van der Waals surface area contributed by atoms with Crippen LogP contribution in [0.4, 0.5) is 0 Å². The molecule has 1 saturated heterocycles. The second-order valence-electron chi connectivity index (χ2n) is 6.36. The number of carbonyl (C=O) groups is 1. The number of rotatable bonds is 6. The zero-order valence-corrected chi connectivity index (χ0v) is 13.4. The van der Waals surface area contributed by atoms with E-state index in [0.717, 1.165) is 43.3 Å². The smallest absolute Gasteiger partial charge is 0.224 e. The average molecular weight is 302 g/mol. The highest BCUT2D eigenvalue weighted by Crippen LogP contribution is 2.29. The molecule has 22 heavy (non-hydrogen) atoms. The van der Waals surface area contributed by atoms with Crippen LogP contribution >= 0.6 is 0 Å². The van der Waals surface area contributed by atoms with Crippen molar-refractivity contribution in [2.45, 2.75) is 51.1 Å².